The van der Waals surface area contributed by atoms with Crippen molar-refractivity contribution in [3.8, 4) is 0 Å². The number of nitrogens with one attached hydrogen (secondary N) is 1. The second-order valence-corrected chi connectivity index (χ2v) is 5.34. The molecule has 0 aliphatic rings. The Hall–Kier alpha value is -0.650. The van der Waals surface area contributed by atoms with Gasteiger partial charge in [0.2, 0.25) is 0 Å². The van der Waals surface area contributed by atoms with Crippen LogP contribution in [0.25, 0.3) is 0 Å². The molecule has 0 fully saturated rings. The van der Waals surface area contributed by atoms with Crippen molar-refractivity contribution in [1.29, 1.82) is 0 Å². The van der Waals surface area contributed by atoms with Crippen LogP contribution >= 0.6 is 11.8 Å². The molecule has 1 rings (SSSR count). The van der Waals surface area contributed by atoms with Crippen molar-refractivity contribution in [1.82, 2.24) is 10.2 Å². The third-order valence-electron chi connectivity index (χ3n) is 2.93. The molecule has 108 valence electrons. The van der Waals surface area contributed by atoms with Crippen LogP contribution in [0.2, 0.25) is 0 Å². The topological polar surface area (TPSA) is 15.3 Å². The second kappa shape index (κ2) is 9.28. The fourth-order valence-electron chi connectivity index (χ4n) is 1.72. The largest absolute Gasteiger partial charge is 0.315 e. The van der Waals surface area contributed by atoms with Gasteiger partial charge in [-0.3, -0.25) is 0 Å². The molecule has 1 aromatic rings. The maximum absolute atomic E-state index is 13.3. The van der Waals surface area contributed by atoms with Crippen LogP contribution in [0.15, 0.2) is 23.1 Å². The molecule has 0 spiro atoms. The molecule has 0 aliphatic carbocycles. The zero-order chi connectivity index (χ0) is 14.1. The molecule has 0 saturated carbocycles. The van der Waals surface area contributed by atoms with E-state index in [0.717, 1.165) is 44.5 Å². The minimum absolute atomic E-state index is 0.352. The predicted molar refractivity (Wildman–Crippen MR) is 77.7 cm³/mol. The monoisotopic (exact) mass is 288 g/mol. The van der Waals surface area contributed by atoms with Gasteiger partial charge >= 0.3 is 0 Å². The average Bonchev–Trinajstić information content (AvgIpc) is 2.42. The van der Waals surface area contributed by atoms with Gasteiger partial charge in [-0.2, -0.15) is 0 Å². The lowest BCUT2D eigenvalue weighted by Crippen LogP contribution is -2.32. The third-order valence-corrected chi connectivity index (χ3v) is 3.96. The Balaban J connectivity index is 2.15. The summed E-state index contributed by atoms with van der Waals surface area (Å²) in [5.74, 6) is -0.00791. The summed E-state index contributed by atoms with van der Waals surface area (Å²) in [7, 11) is 0. The number of halogens is 2. The zero-order valence-corrected chi connectivity index (χ0v) is 12.4. The molecule has 19 heavy (non-hydrogen) atoms. The summed E-state index contributed by atoms with van der Waals surface area (Å²) >= 11 is 1.34. The van der Waals surface area contributed by atoms with Gasteiger partial charge in [-0.25, -0.2) is 8.78 Å². The van der Waals surface area contributed by atoms with E-state index >= 15 is 0 Å². The van der Waals surface area contributed by atoms with E-state index < -0.39 is 5.82 Å². The van der Waals surface area contributed by atoms with Crippen LogP contribution in [0.4, 0.5) is 8.78 Å². The Bertz CT molecular complexity index is 370. The van der Waals surface area contributed by atoms with Crippen molar-refractivity contribution >= 4 is 11.8 Å². The SMILES string of the molecule is CCN(CC)CCNCCSc1cc(F)ccc1F. The Morgan fingerprint density at radius 1 is 1.16 bits per heavy atom. The molecule has 2 nitrogen and oxygen atoms in total. The molecule has 0 aromatic heterocycles. The Labute approximate surface area is 118 Å². The van der Waals surface area contributed by atoms with E-state index in [1.54, 1.807) is 0 Å². The molecule has 1 N–H and O–H groups in total. The molecule has 0 amide bonds. The van der Waals surface area contributed by atoms with Crippen LogP contribution in [0.5, 0.6) is 0 Å². The number of benzene rings is 1. The molecule has 0 atom stereocenters. The first kappa shape index (κ1) is 16.4. The lowest BCUT2D eigenvalue weighted by molar-refractivity contribution is 0.303. The molecular formula is C14H22F2N2S. The lowest BCUT2D eigenvalue weighted by atomic mass is 10.3. The Morgan fingerprint density at radius 2 is 1.89 bits per heavy atom. The van der Waals surface area contributed by atoms with Gasteiger partial charge in [-0.1, -0.05) is 13.8 Å². The molecule has 0 radical (unpaired) electrons. The van der Waals surface area contributed by atoms with E-state index in [-0.39, 0.29) is 5.82 Å². The summed E-state index contributed by atoms with van der Waals surface area (Å²) < 4.78 is 26.3. The zero-order valence-electron chi connectivity index (χ0n) is 11.6. The highest BCUT2D eigenvalue weighted by molar-refractivity contribution is 7.99. The Morgan fingerprint density at radius 3 is 2.58 bits per heavy atom. The molecule has 0 saturated heterocycles. The molecule has 0 heterocycles. The highest BCUT2D eigenvalue weighted by atomic mass is 32.2. The number of likely N-dealkylation sites (N-methyl/N-ethyl adjacent to an activating group) is 1. The summed E-state index contributed by atoms with van der Waals surface area (Å²) in [5.41, 5.74) is 0. The highest BCUT2D eigenvalue weighted by Gasteiger charge is 2.04. The van der Waals surface area contributed by atoms with Crippen molar-refractivity contribution in [3.05, 3.63) is 29.8 Å². The van der Waals surface area contributed by atoms with Crippen LogP contribution in [0.3, 0.4) is 0 Å². The minimum atomic E-state index is -0.390. The summed E-state index contributed by atoms with van der Waals surface area (Å²) in [6.07, 6.45) is 0. The fraction of sp³-hybridized carbons (Fsp3) is 0.571. The lowest BCUT2D eigenvalue weighted by Gasteiger charge is -2.17. The summed E-state index contributed by atoms with van der Waals surface area (Å²) in [4.78, 5) is 2.72. The van der Waals surface area contributed by atoms with Crippen LogP contribution in [-0.4, -0.2) is 43.4 Å². The van der Waals surface area contributed by atoms with Gasteiger partial charge in [0.25, 0.3) is 0 Å². The molecule has 0 aliphatic heterocycles. The quantitative estimate of drug-likeness (QED) is 0.555. The predicted octanol–water partition coefficient (Wildman–Crippen LogP) is 2.99. The normalized spacial score (nSPS) is 11.2. The van der Waals surface area contributed by atoms with E-state index in [1.165, 1.54) is 23.9 Å². The Kier molecular flexibility index (Phi) is 8.02. The van der Waals surface area contributed by atoms with Crippen molar-refractivity contribution in [2.75, 3.05) is 38.5 Å². The number of rotatable bonds is 9. The number of thioether (sulfide) groups is 1. The van der Waals surface area contributed by atoms with Gasteiger partial charge in [0.15, 0.2) is 0 Å². The van der Waals surface area contributed by atoms with Gasteiger partial charge in [0.05, 0.1) is 0 Å². The summed E-state index contributed by atoms with van der Waals surface area (Å²) in [6, 6.07) is 3.56. The first-order chi connectivity index (χ1) is 9.17. The van der Waals surface area contributed by atoms with E-state index in [0.29, 0.717) is 4.90 Å². The van der Waals surface area contributed by atoms with Crippen LogP contribution < -0.4 is 5.32 Å². The maximum atomic E-state index is 13.3. The van der Waals surface area contributed by atoms with E-state index in [1.807, 2.05) is 0 Å². The standard InChI is InChI=1S/C14H22F2N2S/c1-3-18(4-2)9-7-17-8-10-19-14-11-12(15)5-6-13(14)16/h5-6,11,17H,3-4,7-10H2,1-2H3. The van der Waals surface area contributed by atoms with E-state index in [4.69, 9.17) is 0 Å². The maximum Gasteiger partial charge on any atom is 0.136 e. The van der Waals surface area contributed by atoms with Crippen LogP contribution in [-0.2, 0) is 0 Å². The smallest absolute Gasteiger partial charge is 0.136 e. The molecule has 1 aromatic carbocycles. The van der Waals surface area contributed by atoms with Gasteiger partial charge in [0, 0.05) is 30.3 Å². The van der Waals surface area contributed by atoms with Gasteiger partial charge < -0.3 is 10.2 Å². The van der Waals surface area contributed by atoms with Crippen molar-refractivity contribution in [3.63, 3.8) is 0 Å². The average molecular weight is 288 g/mol. The van der Waals surface area contributed by atoms with Crippen molar-refractivity contribution < 1.29 is 8.78 Å². The third kappa shape index (κ3) is 6.36. The molecule has 0 bridgehead atoms. The number of nitrogens with zero attached hydrogens (tertiary/aromatic N) is 1. The highest BCUT2D eigenvalue weighted by Crippen LogP contribution is 2.21. The van der Waals surface area contributed by atoms with Crippen molar-refractivity contribution in [2.45, 2.75) is 18.7 Å². The van der Waals surface area contributed by atoms with Crippen LogP contribution in [0.1, 0.15) is 13.8 Å². The molecule has 0 unspecified atom stereocenters. The molecule has 5 heteroatoms. The second-order valence-electron chi connectivity index (χ2n) is 4.20. The van der Waals surface area contributed by atoms with Crippen molar-refractivity contribution in [2.24, 2.45) is 0 Å². The van der Waals surface area contributed by atoms with Gasteiger partial charge in [0.1, 0.15) is 11.6 Å². The summed E-state index contributed by atoms with van der Waals surface area (Å²) in [5, 5.41) is 3.31. The van der Waals surface area contributed by atoms with E-state index in [9.17, 15) is 8.78 Å². The van der Waals surface area contributed by atoms with E-state index in [2.05, 4.69) is 24.1 Å². The number of hydrogen-bond acceptors (Lipinski definition) is 3. The van der Waals surface area contributed by atoms with Gasteiger partial charge in [-0.05, 0) is 31.3 Å². The minimum Gasteiger partial charge on any atom is -0.315 e. The molecular weight excluding hydrogens is 266 g/mol. The fourth-order valence-corrected chi connectivity index (χ4v) is 2.59. The van der Waals surface area contributed by atoms with Gasteiger partial charge in [-0.15, -0.1) is 11.8 Å². The van der Waals surface area contributed by atoms with Crippen LogP contribution in [0, 0.1) is 11.6 Å². The number of hydrogen-bond donors (Lipinski definition) is 1. The first-order valence-electron chi connectivity index (χ1n) is 6.68. The first-order valence-corrected chi connectivity index (χ1v) is 7.66. The summed E-state index contributed by atoms with van der Waals surface area (Å²) in [6.45, 7) is 9.14.